The Kier molecular flexibility index (Phi) is 11.5. The van der Waals surface area contributed by atoms with Gasteiger partial charge in [-0.25, -0.2) is 0 Å². The first-order chi connectivity index (χ1) is 15.8. The Morgan fingerprint density at radius 1 is 1.00 bits per heavy atom. The molecule has 1 aromatic carbocycles. The molecule has 8 nitrogen and oxygen atoms in total. The zero-order valence-corrected chi connectivity index (χ0v) is 19.4. The van der Waals surface area contributed by atoms with Crippen molar-refractivity contribution < 1.29 is 23.7 Å². The number of anilines is 1. The number of fused-ring (bicyclic) bond motifs is 1. The van der Waals surface area contributed by atoms with Crippen LogP contribution in [0.25, 0.3) is 0 Å². The van der Waals surface area contributed by atoms with Crippen molar-refractivity contribution >= 4 is 11.6 Å². The minimum Gasteiger partial charge on any atom is -0.490 e. The molecule has 0 bridgehead atoms. The molecule has 0 aromatic heterocycles. The quantitative estimate of drug-likeness (QED) is 0.241. The number of nitrogens with one attached hydrogen (secondary N) is 2. The van der Waals surface area contributed by atoms with Gasteiger partial charge >= 0.3 is 0 Å². The molecule has 3 rings (SSSR count). The van der Waals surface area contributed by atoms with Crippen molar-refractivity contribution in [3.05, 3.63) is 18.2 Å². The average molecular weight is 450 g/mol. The van der Waals surface area contributed by atoms with Crippen LogP contribution in [0.1, 0.15) is 38.5 Å². The number of benzene rings is 1. The van der Waals surface area contributed by atoms with Gasteiger partial charge in [-0.1, -0.05) is 0 Å². The van der Waals surface area contributed by atoms with Gasteiger partial charge in [-0.05, 0) is 50.2 Å². The molecule has 180 valence electrons. The average Bonchev–Trinajstić information content (AvgIpc) is 3.64. The predicted molar refractivity (Wildman–Crippen MR) is 126 cm³/mol. The molecule has 1 saturated carbocycles. The van der Waals surface area contributed by atoms with Gasteiger partial charge in [0.05, 0.1) is 26.4 Å². The number of rotatable bonds is 15. The monoisotopic (exact) mass is 449 g/mol. The molecule has 1 heterocycles. The second kappa shape index (κ2) is 14.9. The van der Waals surface area contributed by atoms with Crippen molar-refractivity contribution in [1.29, 1.82) is 0 Å². The summed E-state index contributed by atoms with van der Waals surface area (Å²) in [4.78, 5) is 4.73. The molecule has 1 aliphatic heterocycles. The number of hydrogen-bond acceptors (Lipinski definition) is 6. The summed E-state index contributed by atoms with van der Waals surface area (Å²) < 4.78 is 27.8. The van der Waals surface area contributed by atoms with Crippen molar-refractivity contribution in [2.45, 2.75) is 38.5 Å². The maximum Gasteiger partial charge on any atom is 0.195 e. The Balaban J connectivity index is 1.44. The molecule has 0 amide bonds. The van der Waals surface area contributed by atoms with E-state index in [9.17, 15) is 0 Å². The third-order valence-corrected chi connectivity index (χ3v) is 5.22. The smallest absolute Gasteiger partial charge is 0.195 e. The topological polar surface area (TPSA) is 82.6 Å². The number of hydrogen-bond donors (Lipinski definition) is 2. The van der Waals surface area contributed by atoms with E-state index in [0.29, 0.717) is 33.0 Å². The Morgan fingerprint density at radius 2 is 1.84 bits per heavy atom. The lowest BCUT2D eigenvalue weighted by molar-refractivity contribution is 0.0689. The van der Waals surface area contributed by atoms with E-state index in [-0.39, 0.29) is 0 Å². The van der Waals surface area contributed by atoms with E-state index >= 15 is 0 Å². The highest BCUT2D eigenvalue weighted by molar-refractivity contribution is 5.93. The summed E-state index contributed by atoms with van der Waals surface area (Å²) >= 11 is 0. The highest BCUT2D eigenvalue weighted by atomic mass is 16.5. The second-order valence-electron chi connectivity index (χ2n) is 8.18. The number of methoxy groups -OCH3 is 1. The number of nitrogens with zero attached hydrogens (tertiary/aromatic N) is 1. The number of unbranched alkanes of at least 4 members (excludes halogenated alkanes) is 1. The SMILES string of the molecule is COCCOCCCCNC(=NCCCOCC1CC1)Nc1ccc2c(c1)OCCCO2. The van der Waals surface area contributed by atoms with E-state index < -0.39 is 0 Å². The number of aliphatic imine (C=N–C) groups is 1. The van der Waals surface area contributed by atoms with Crippen LogP contribution in [0.15, 0.2) is 23.2 Å². The lowest BCUT2D eigenvalue weighted by atomic mass is 10.2. The molecule has 0 spiro atoms. The maximum absolute atomic E-state index is 5.81. The summed E-state index contributed by atoms with van der Waals surface area (Å²) in [6.07, 6.45) is 6.44. The summed E-state index contributed by atoms with van der Waals surface area (Å²) in [7, 11) is 1.68. The van der Waals surface area contributed by atoms with E-state index in [1.54, 1.807) is 7.11 Å². The summed E-state index contributed by atoms with van der Waals surface area (Å²) in [5, 5.41) is 6.83. The van der Waals surface area contributed by atoms with Crippen LogP contribution >= 0.6 is 0 Å². The van der Waals surface area contributed by atoms with Gasteiger partial charge in [0.1, 0.15) is 0 Å². The lowest BCUT2D eigenvalue weighted by Crippen LogP contribution is -2.32. The molecule has 8 heteroatoms. The fourth-order valence-electron chi connectivity index (χ4n) is 3.19. The van der Waals surface area contributed by atoms with Crippen LogP contribution in [0.3, 0.4) is 0 Å². The van der Waals surface area contributed by atoms with E-state index in [1.807, 2.05) is 18.2 Å². The zero-order valence-electron chi connectivity index (χ0n) is 19.4. The fourth-order valence-corrected chi connectivity index (χ4v) is 3.19. The van der Waals surface area contributed by atoms with Crippen LogP contribution in [0.5, 0.6) is 11.5 Å². The van der Waals surface area contributed by atoms with Crippen molar-refractivity contribution in [3.8, 4) is 11.5 Å². The molecule has 0 unspecified atom stereocenters. The first-order valence-electron chi connectivity index (χ1n) is 11.9. The van der Waals surface area contributed by atoms with Crippen molar-refractivity contribution in [3.63, 3.8) is 0 Å². The molecule has 0 saturated heterocycles. The van der Waals surface area contributed by atoms with Crippen LogP contribution < -0.4 is 20.1 Å². The highest BCUT2D eigenvalue weighted by Gasteiger charge is 2.20. The summed E-state index contributed by atoms with van der Waals surface area (Å²) in [5.74, 6) is 3.13. The van der Waals surface area contributed by atoms with Crippen LogP contribution in [0.4, 0.5) is 5.69 Å². The minimum atomic E-state index is 0.638. The van der Waals surface area contributed by atoms with Gasteiger partial charge in [0, 0.05) is 58.2 Å². The van der Waals surface area contributed by atoms with Crippen molar-refractivity contribution in [1.82, 2.24) is 5.32 Å². The Morgan fingerprint density at radius 3 is 2.69 bits per heavy atom. The summed E-state index contributed by atoms with van der Waals surface area (Å²) in [5.41, 5.74) is 0.924. The van der Waals surface area contributed by atoms with Crippen LogP contribution in [0.2, 0.25) is 0 Å². The lowest BCUT2D eigenvalue weighted by Gasteiger charge is -2.15. The van der Waals surface area contributed by atoms with Crippen LogP contribution in [-0.2, 0) is 14.2 Å². The molecule has 1 aromatic rings. The Bertz CT molecular complexity index is 682. The van der Waals surface area contributed by atoms with Crippen molar-refractivity contribution in [2.75, 3.05) is 71.8 Å². The van der Waals surface area contributed by atoms with Gasteiger partial charge < -0.3 is 34.3 Å². The molecule has 0 atom stereocenters. The molecule has 0 radical (unpaired) electrons. The van der Waals surface area contributed by atoms with Crippen LogP contribution in [-0.4, -0.2) is 72.4 Å². The highest BCUT2D eigenvalue weighted by Crippen LogP contribution is 2.32. The minimum absolute atomic E-state index is 0.638. The molecule has 2 aliphatic rings. The fraction of sp³-hybridized carbons (Fsp3) is 0.708. The van der Waals surface area contributed by atoms with Gasteiger partial charge in [0.25, 0.3) is 0 Å². The van der Waals surface area contributed by atoms with E-state index in [1.165, 1.54) is 12.8 Å². The van der Waals surface area contributed by atoms with Gasteiger partial charge in [0.15, 0.2) is 17.5 Å². The first-order valence-corrected chi connectivity index (χ1v) is 11.9. The number of ether oxygens (including phenoxy) is 5. The van der Waals surface area contributed by atoms with Crippen molar-refractivity contribution in [2.24, 2.45) is 10.9 Å². The molecule has 32 heavy (non-hydrogen) atoms. The molecular weight excluding hydrogens is 410 g/mol. The van der Waals surface area contributed by atoms with E-state index in [0.717, 1.165) is 81.1 Å². The predicted octanol–water partition coefficient (Wildman–Crippen LogP) is 3.47. The summed E-state index contributed by atoms with van der Waals surface area (Å²) in [6.45, 7) is 6.57. The van der Waals surface area contributed by atoms with E-state index in [4.69, 9.17) is 28.7 Å². The molecule has 2 N–H and O–H groups in total. The van der Waals surface area contributed by atoms with E-state index in [2.05, 4.69) is 10.6 Å². The molecule has 1 fully saturated rings. The van der Waals surface area contributed by atoms with Gasteiger partial charge in [0.2, 0.25) is 0 Å². The Labute approximate surface area is 192 Å². The van der Waals surface area contributed by atoms with Gasteiger partial charge in [-0.3, -0.25) is 4.99 Å². The third-order valence-electron chi connectivity index (χ3n) is 5.22. The second-order valence-corrected chi connectivity index (χ2v) is 8.18. The van der Waals surface area contributed by atoms with Crippen LogP contribution in [0, 0.1) is 5.92 Å². The summed E-state index contributed by atoms with van der Waals surface area (Å²) in [6, 6.07) is 5.91. The number of guanidine groups is 1. The Hall–Kier alpha value is -2.03. The molecular formula is C24H39N3O5. The molecule has 1 aliphatic carbocycles. The normalized spacial score (nSPS) is 16.0. The first kappa shape index (κ1) is 24.6. The largest absolute Gasteiger partial charge is 0.490 e. The zero-order chi connectivity index (χ0) is 22.3. The van der Waals surface area contributed by atoms with Gasteiger partial charge in [-0.15, -0.1) is 0 Å². The maximum atomic E-state index is 5.81. The van der Waals surface area contributed by atoms with Gasteiger partial charge in [-0.2, -0.15) is 0 Å². The third kappa shape index (κ3) is 10.1. The standard InChI is InChI=1S/C24H39N3O5/c1-28-16-17-29-12-3-2-10-25-24(26-11-4-13-30-19-20-6-7-20)27-21-8-9-22-23(18-21)32-15-5-14-31-22/h8-9,18,20H,2-7,10-17,19H2,1H3,(H2,25,26,27).